The third-order valence-corrected chi connectivity index (χ3v) is 5.49. The summed E-state index contributed by atoms with van der Waals surface area (Å²) in [5.41, 5.74) is 0.299. The molecule has 3 aliphatic rings. The molecule has 1 atom stereocenters. The van der Waals surface area contributed by atoms with Gasteiger partial charge in [-0.05, 0) is 38.5 Å². The number of ether oxygens (including phenoxy) is 1. The van der Waals surface area contributed by atoms with E-state index in [1.54, 1.807) is 7.11 Å². The van der Waals surface area contributed by atoms with Crippen molar-refractivity contribution in [3.63, 3.8) is 0 Å². The van der Waals surface area contributed by atoms with Crippen LogP contribution < -0.4 is 10.6 Å². The van der Waals surface area contributed by atoms with Crippen LogP contribution in [0.3, 0.4) is 0 Å². The Kier molecular flexibility index (Phi) is 3.81. The lowest BCUT2D eigenvalue weighted by atomic mass is 9.71. The molecule has 1 heterocycles. The smallest absolute Gasteiger partial charge is 0.237 e. The van der Waals surface area contributed by atoms with Crippen molar-refractivity contribution in [2.24, 2.45) is 5.41 Å². The maximum atomic E-state index is 12.4. The van der Waals surface area contributed by atoms with Crippen molar-refractivity contribution in [2.75, 3.05) is 13.7 Å². The molecule has 1 amide bonds. The van der Waals surface area contributed by atoms with Gasteiger partial charge in [-0.1, -0.05) is 12.8 Å². The highest BCUT2D eigenvalue weighted by Gasteiger charge is 2.51. The fourth-order valence-electron chi connectivity index (χ4n) is 4.14. The lowest BCUT2D eigenvalue weighted by Gasteiger charge is -2.47. The topological polar surface area (TPSA) is 50.4 Å². The number of carbonyl (C=O) groups is 1. The Morgan fingerprint density at radius 3 is 2.42 bits per heavy atom. The SMILES string of the molecule is COC1CCC(NC(=O)C2NCC23CCCC3)CC1. The molecule has 2 aliphatic carbocycles. The molecular weight excluding hydrogens is 240 g/mol. The average molecular weight is 266 g/mol. The molecule has 0 aromatic heterocycles. The molecule has 0 aromatic carbocycles. The zero-order valence-corrected chi connectivity index (χ0v) is 11.9. The third-order valence-electron chi connectivity index (χ3n) is 5.49. The van der Waals surface area contributed by atoms with E-state index in [1.165, 1.54) is 25.7 Å². The van der Waals surface area contributed by atoms with E-state index in [1.807, 2.05) is 0 Å². The Bertz CT molecular complexity index is 331. The maximum Gasteiger partial charge on any atom is 0.237 e. The average Bonchev–Trinajstić information content (AvgIpc) is 2.90. The second-order valence-electron chi connectivity index (χ2n) is 6.60. The second kappa shape index (κ2) is 5.41. The predicted octanol–water partition coefficient (Wildman–Crippen LogP) is 1.59. The van der Waals surface area contributed by atoms with Crippen molar-refractivity contribution in [3.8, 4) is 0 Å². The van der Waals surface area contributed by atoms with E-state index in [0.29, 0.717) is 17.6 Å². The standard InChI is InChI=1S/C15H26N2O2/c1-19-12-6-4-11(5-7-12)17-14(18)13-15(10-16-13)8-2-3-9-15/h11-13,16H,2-10H2,1H3,(H,17,18). The van der Waals surface area contributed by atoms with E-state index in [0.717, 1.165) is 32.2 Å². The van der Waals surface area contributed by atoms with Crippen LogP contribution in [0.25, 0.3) is 0 Å². The Hall–Kier alpha value is -0.610. The minimum Gasteiger partial charge on any atom is -0.381 e. The van der Waals surface area contributed by atoms with Crippen LogP contribution >= 0.6 is 0 Å². The quantitative estimate of drug-likeness (QED) is 0.815. The van der Waals surface area contributed by atoms with Gasteiger partial charge in [0.25, 0.3) is 0 Å². The summed E-state index contributed by atoms with van der Waals surface area (Å²) in [5.74, 6) is 0.244. The summed E-state index contributed by atoms with van der Waals surface area (Å²) >= 11 is 0. The van der Waals surface area contributed by atoms with Crippen molar-refractivity contribution in [1.29, 1.82) is 0 Å². The number of amides is 1. The molecule has 0 bridgehead atoms. The van der Waals surface area contributed by atoms with E-state index in [9.17, 15) is 4.79 Å². The molecule has 3 fully saturated rings. The molecule has 2 N–H and O–H groups in total. The summed E-state index contributed by atoms with van der Waals surface area (Å²) in [6.07, 6.45) is 9.72. The minimum absolute atomic E-state index is 0.0788. The van der Waals surface area contributed by atoms with Crippen LogP contribution in [0.15, 0.2) is 0 Å². The normalized spacial score (nSPS) is 37.0. The van der Waals surface area contributed by atoms with Gasteiger partial charge in [-0.2, -0.15) is 0 Å². The van der Waals surface area contributed by atoms with Gasteiger partial charge in [0.1, 0.15) is 0 Å². The number of hydrogen-bond acceptors (Lipinski definition) is 3. The van der Waals surface area contributed by atoms with Gasteiger partial charge in [0.2, 0.25) is 5.91 Å². The summed E-state index contributed by atoms with van der Waals surface area (Å²) in [4.78, 5) is 12.4. The summed E-state index contributed by atoms with van der Waals surface area (Å²) in [6.45, 7) is 1.04. The fourth-order valence-corrected chi connectivity index (χ4v) is 4.14. The summed E-state index contributed by atoms with van der Waals surface area (Å²) in [7, 11) is 1.78. The van der Waals surface area contributed by atoms with E-state index < -0.39 is 0 Å². The van der Waals surface area contributed by atoms with Crippen molar-refractivity contribution in [2.45, 2.75) is 69.6 Å². The molecule has 1 spiro atoms. The van der Waals surface area contributed by atoms with Gasteiger partial charge in [0, 0.05) is 25.1 Å². The highest BCUT2D eigenvalue weighted by atomic mass is 16.5. The van der Waals surface area contributed by atoms with E-state index >= 15 is 0 Å². The molecule has 1 aliphatic heterocycles. The first-order valence-electron chi connectivity index (χ1n) is 7.80. The number of rotatable bonds is 3. The van der Waals surface area contributed by atoms with Crippen LogP contribution in [0.1, 0.15) is 51.4 Å². The first-order chi connectivity index (χ1) is 9.23. The molecule has 19 heavy (non-hydrogen) atoms. The van der Waals surface area contributed by atoms with Gasteiger partial charge in [-0.3, -0.25) is 4.79 Å². The van der Waals surface area contributed by atoms with Crippen LogP contribution in [-0.4, -0.2) is 37.7 Å². The lowest BCUT2D eigenvalue weighted by Crippen LogP contribution is -2.68. The molecule has 0 aromatic rings. The largest absolute Gasteiger partial charge is 0.381 e. The number of carbonyl (C=O) groups excluding carboxylic acids is 1. The van der Waals surface area contributed by atoms with Gasteiger partial charge in [-0.25, -0.2) is 0 Å². The molecule has 1 saturated heterocycles. The summed E-state index contributed by atoms with van der Waals surface area (Å²) in [5, 5.41) is 6.61. The fraction of sp³-hybridized carbons (Fsp3) is 0.933. The van der Waals surface area contributed by atoms with Gasteiger partial charge in [0.15, 0.2) is 0 Å². The Morgan fingerprint density at radius 2 is 1.89 bits per heavy atom. The predicted molar refractivity (Wildman–Crippen MR) is 73.9 cm³/mol. The first-order valence-corrected chi connectivity index (χ1v) is 7.80. The number of hydrogen-bond donors (Lipinski definition) is 2. The molecule has 0 radical (unpaired) electrons. The monoisotopic (exact) mass is 266 g/mol. The summed E-state index contributed by atoms with van der Waals surface area (Å²) in [6, 6.07) is 0.440. The lowest BCUT2D eigenvalue weighted by molar-refractivity contribution is -0.131. The van der Waals surface area contributed by atoms with E-state index in [4.69, 9.17) is 4.74 Å². The minimum atomic E-state index is 0.0788. The molecule has 3 rings (SSSR count). The Labute approximate surface area is 115 Å². The number of nitrogens with one attached hydrogen (secondary N) is 2. The van der Waals surface area contributed by atoms with Crippen LogP contribution in [-0.2, 0) is 9.53 Å². The van der Waals surface area contributed by atoms with Gasteiger partial charge in [0.05, 0.1) is 12.1 Å². The van der Waals surface area contributed by atoms with Gasteiger partial charge >= 0.3 is 0 Å². The van der Waals surface area contributed by atoms with Gasteiger partial charge in [-0.15, -0.1) is 0 Å². The molecular formula is C15H26N2O2. The first kappa shape index (κ1) is 13.4. The van der Waals surface area contributed by atoms with Crippen LogP contribution in [0, 0.1) is 5.41 Å². The van der Waals surface area contributed by atoms with Gasteiger partial charge < -0.3 is 15.4 Å². The Morgan fingerprint density at radius 1 is 1.21 bits per heavy atom. The van der Waals surface area contributed by atoms with Crippen molar-refractivity contribution < 1.29 is 9.53 Å². The number of methoxy groups -OCH3 is 1. The molecule has 2 saturated carbocycles. The highest BCUT2D eigenvalue weighted by molar-refractivity contribution is 5.84. The molecule has 4 heteroatoms. The van der Waals surface area contributed by atoms with E-state index in [2.05, 4.69) is 10.6 Å². The van der Waals surface area contributed by atoms with Crippen molar-refractivity contribution >= 4 is 5.91 Å². The zero-order valence-electron chi connectivity index (χ0n) is 11.9. The molecule has 4 nitrogen and oxygen atoms in total. The van der Waals surface area contributed by atoms with Crippen LogP contribution in [0.4, 0.5) is 0 Å². The maximum absolute atomic E-state index is 12.4. The van der Waals surface area contributed by atoms with Crippen LogP contribution in [0.5, 0.6) is 0 Å². The molecule has 108 valence electrons. The van der Waals surface area contributed by atoms with Crippen molar-refractivity contribution in [3.05, 3.63) is 0 Å². The van der Waals surface area contributed by atoms with E-state index in [-0.39, 0.29) is 11.9 Å². The second-order valence-corrected chi connectivity index (χ2v) is 6.60. The van der Waals surface area contributed by atoms with Crippen LogP contribution in [0.2, 0.25) is 0 Å². The molecule has 1 unspecified atom stereocenters. The zero-order chi connectivity index (χ0) is 13.3. The van der Waals surface area contributed by atoms with Crippen molar-refractivity contribution in [1.82, 2.24) is 10.6 Å². The highest BCUT2D eigenvalue weighted by Crippen LogP contribution is 2.45. The third kappa shape index (κ3) is 2.52. The summed E-state index contributed by atoms with van der Waals surface area (Å²) < 4.78 is 5.38. The Balaban J connectivity index is 1.49.